The number of rotatable bonds is 4. The van der Waals surface area contributed by atoms with Crippen molar-refractivity contribution in [3.05, 3.63) is 47.9 Å². The second kappa shape index (κ2) is 6.91. The van der Waals surface area contributed by atoms with E-state index in [1.54, 1.807) is 31.2 Å². The summed E-state index contributed by atoms with van der Waals surface area (Å²) in [4.78, 5) is 37.3. The minimum atomic E-state index is -0.766. The summed E-state index contributed by atoms with van der Waals surface area (Å²) in [6.07, 6.45) is 2.66. The van der Waals surface area contributed by atoms with Gasteiger partial charge >= 0.3 is 5.97 Å². The van der Waals surface area contributed by atoms with Crippen LogP contribution in [0.15, 0.2) is 47.9 Å². The fourth-order valence-electron chi connectivity index (χ4n) is 2.04. The molecular formula is C17H17NO5. The Labute approximate surface area is 134 Å². The second-order valence-electron chi connectivity index (χ2n) is 4.87. The van der Waals surface area contributed by atoms with E-state index in [1.165, 1.54) is 31.2 Å². The minimum Gasteiger partial charge on any atom is -0.497 e. The van der Waals surface area contributed by atoms with Crippen molar-refractivity contribution in [1.82, 2.24) is 0 Å². The lowest BCUT2D eigenvalue weighted by Crippen LogP contribution is -2.28. The Hall–Kier alpha value is -2.89. The van der Waals surface area contributed by atoms with Crippen molar-refractivity contribution in [2.75, 3.05) is 12.0 Å². The number of hydrogen-bond acceptors (Lipinski definition) is 5. The van der Waals surface area contributed by atoms with Gasteiger partial charge in [0.2, 0.25) is 5.91 Å². The summed E-state index contributed by atoms with van der Waals surface area (Å²) < 4.78 is 10.0. The van der Waals surface area contributed by atoms with Gasteiger partial charge in [0.05, 0.1) is 7.11 Å². The standard InChI is InChI=1S/C17H17NO5/c1-4-16(20)18(12-5-7-13(22-3)8-6-12)10-14-15(19)9-11(2)23-17(14)21/h5-10H,4H2,1-3H3. The van der Waals surface area contributed by atoms with Crippen LogP contribution in [0.5, 0.6) is 5.75 Å². The smallest absolute Gasteiger partial charge is 0.348 e. The van der Waals surface area contributed by atoms with Gasteiger partial charge in [0.25, 0.3) is 0 Å². The summed E-state index contributed by atoms with van der Waals surface area (Å²) in [5.74, 6) is -0.639. The van der Waals surface area contributed by atoms with Crippen LogP contribution in [0.3, 0.4) is 0 Å². The number of nitrogens with zero attached hydrogens (tertiary/aromatic N) is 1. The molecule has 1 aliphatic rings. The predicted octanol–water partition coefficient (Wildman–Crippen LogP) is 2.35. The Balaban J connectivity index is 2.43. The molecule has 1 aromatic rings. The molecule has 0 aliphatic carbocycles. The summed E-state index contributed by atoms with van der Waals surface area (Å²) in [6.45, 7) is 3.22. The van der Waals surface area contributed by atoms with Crippen molar-refractivity contribution in [2.24, 2.45) is 0 Å². The van der Waals surface area contributed by atoms with Crippen LogP contribution >= 0.6 is 0 Å². The third-order valence-electron chi connectivity index (χ3n) is 3.25. The first-order chi connectivity index (χ1) is 11.0. The molecule has 0 unspecified atom stereocenters. The molecule has 6 nitrogen and oxygen atoms in total. The first-order valence-corrected chi connectivity index (χ1v) is 7.09. The summed E-state index contributed by atoms with van der Waals surface area (Å²) in [6, 6.07) is 6.72. The number of carbonyl (C=O) groups is 3. The molecule has 0 saturated carbocycles. The number of carbonyl (C=O) groups excluding carboxylic acids is 3. The van der Waals surface area contributed by atoms with Crippen molar-refractivity contribution >= 4 is 23.3 Å². The number of ketones is 1. The van der Waals surface area contributed by atoms with E-state index >= 15 is 0 Å². The first-order valence-electron chi connectivity index (χ1n) is 7.09. The highest BCUT2D eigenvalue weighted by atomic mass is 16.5. The number of allylic oxidation sites excluding steroid dienone is 2. The SMILES string of the molecule is CCC(=O)N(C=C1C(=O)C=C(C)OC1=O)c1ccc(OC)cc1. The van der Waals surface area contributed by atoms with E-state index in [1.807, 2.05) is 0 Å². The zero-order chi connectivity index (χ0) is 17.0. The molecule has 6 heteroatoms. The van der Waals surface area contributed by atoms with Crippen LogP contribution in [0.1, 0.15) is 20.3 Å². The monoisotopic (exact) mass is 315 g/mol. The van der Waals surface area contributed by atoms with Gasteiger partial charge in [-0.15, -0.1) is 0 Å². The maximum atomic E-state index is 12.2. The Morgan fingerprint density at radius 1 is 1.26 bits per heavy atom. The molecule has 0 saturated heterocycles. The van der Waals surface area contributed by atoms with Crippen LogP contribution in [-0.2, 0) is 19.1 Å². The predicted molar refractivity (Wildman–Crippen MR) is 83.7 cm³/mol. The van der Waals surface area contributed by atoms with E-state index in [9.17, 15) is 14.4 Å². The summed E-state index contributed by atoms with van der Waals surface area (Å²) in [5.41, 5.74) is 0.338. The van der Waals surface area contributed by atoms with E-state index in [-0.39, 0.29) is 23.7 Å². The van der Waals surface area contributed by atoms with E-state index in [0.717, 1.165) is 0 Å². The molecule has 0 radical (unpaired) electrons. The molecule has 0 atom stereocenters. The first kappa shape index (κ1) is 16.5. The number of cyclic esters (lactones) is 1. The molecule has 0 fully saturated rings. The molecule has 1 aromatic carbocycles. The molecule has 120 valence electrons. The number of esters is 1. The zero-order valence-electron chi connectivity index (χ0n) is 13.2. The van der Waals surface area contributed by atoms with Gasteiger partial charge in [-0.25, -0.2) is 4.79 Å². The van der Waals surface area contributed by atoms with Gasteiger partial charge in [-0.05, 0) is 31.2 Å². The molecule has 23 heavy (non-hydrogen) atoms. The van der Waals surface area contributed by atoms with Crippen molar-refractivity contribution in [3.8, 4) is 5.75 Å². The molecule has 1 heterocycles. The van der Waals surface area contributed by atoms with Crippen LogP contribution in [0.2, 0.25) is 0 Å². The normalized spacial score (nSPS) is 16.0. The summed E-state index contributed by atoms with van der Waals surface area (Å²) >= 11 is 0. The van der Waals surface area contributed by atoms with Crippen LogP contribution in [0.4, 0.5) is 5.69 Å². The average Bonchev–Trinajstić information content (AvgIpc) is 2.54. The highest BCUT2D eigenvalue weighted by Gasteiger charge is 2.26. The Morgan fingerprint density at radius 3 is 2.43 bits per heavy atom. The van der Waals surface area contributed by atoms with Crippen molar-refractivity contribution in [2.45, 2.75) is 20.3 Å². The van der Waals surface area contributed by atoms with E-state index in [0.29, 0.717) is 11.4 Å². The second-order valence-corrected chi connectivity index (χ2v) is 4.87. The van der Waals surface area contributed by atoms with Gasteiger partial charge in [0.1, 0.15) is 17.1 Å². The van der Waals surface area contributed by atoms with E-state index < -0.39 is 11.8 Å². The topological polar surface area (TPSA) is 72.9 Å². The maximum absolute atomic E-state index is 12.2. The highest BCUT2D eigenvalue weighted by Crippen LogP contribution is 2.23. The van der Waals surface area contributed by atoms with Gasteiger partial charge in [-0.1, -0.05) is 6.92 Å². The third kappa shape index (κ3) is 3.66. The molecule has 0 bridgehead atoms. The molecular weight excluding hydrogens is 298 g/mol. The fourth-order valence-corrected chi connectivity index (χ4v) is 2.04. The number of ether oxygens (including phenoxy) is 2. The average molecular weight is 315 g/mol. The van der Waals surface area contributed by atoms with Crippen molar-refractivity contribution in [3.63, 3.8) is 0 Å². The molecule has 1 amide bonds. The van der Waals surface area contributed by atoms with Gasteiger partial charge in [0, 0.05) is 24.4 Å². The Bertz CT molecular complexity index is 700. The summed E-state index contributed by atoms with van der Waals surface area (Å²) in [7, 11) is 1.54. The Morgan fingerprint density at radius 2 is 1.91 bits per heavy atom. The lowest BCUT2D eigenvalue weighted by molar-refractivity contribution is -0.137. The largest absolute Gasteiger partial charge is 0.497 e. The van der Waals surface area contributed by atoms with E-state index in [4.69, 9.17) is 9.47 Å². The van der Waals surface area contributed by atoms with Crippen molar-refractivity contribution < 1.29 is 23.9 Å². The zero-order valence-corrected chi connectivity index (χ0v) is 13.2. The van der Waals surface area contributed by atoms with Crippen LogP contribution in [-0.4, -0.2) is 24.8 Å². The van der Waals surface area contributed by atoms with Crippen LogP contribution in [0, 0.1) is 0 Å². The number of benzene rings is 1. The van der Waals surface area contributed by atoms with Gasteiger partial charge in [-0.2, -0.15) is 0 Å². The number of hydrogen-bond donors (Lipinski definition) is 0. The number of amides is 1. The minimum absolute atomic E-state index is 0.187. The molecule has 0 spiro atoms. The highest BCUT2D eigenvalue weighted by molar-refractivity contribution is 6.24. The lowest BCUT2D eigenvalue weighted by atomic mass is 10.1. The fraction of sp³-hybridized carbons (Fsp3) is 0.235. The Kier molecular flexibility index (Phi) is 4.95. The third-order valence-corrected chi connectivity index (χ3v) is 3.25. The molecule has 1 aliphatic heterocycles. The van der Waals surface area contributed by atoms with Crippen LogP contribution < -0.4 is 9.64 Å². The van der Waals surface area contributed by atoms with Crippen LogP contribution in [0.25, 0.3) is 0 Å². The molecule has 0 N–H and O–H groups in total. The molecule has 0 aromatic heterocycles. The lowest BCUT2D eigenvalue weighted by Gasteiger charge is -2.20. The number of anilines is 1. The van der Waals surface area contributed by atoms with E-state index in [2.05, 4.69) is 0 Å². The number of methoxy groups -OCH3 is 1. The maximum Gasteiger partial charge on any atom is 0.348 e. The van der Waals surface area contributed by atoms with Gasteiger partial charge in [-0.3, -0.25) is 14.5 Å². The van der Waals surface area contributed by atoms with Crippen molar-refractivity contribution in [1.29, 1.82) is 0 Å². The quantitative estimate of drug-likeness (QED) is 0.484. The van der Waals surface area contributed by atoms with Gasteiger partial charge in [0.15, 0.2) is 5.78 Å². The van der Waals surface area contributed by atoms with Gasteiger partial charge < -0.3 is 9.47 Å². The molecule has 2 rings (SSSR count). The summed E-state index contributed by atoms with van der Waals surface area (Å²) in [5, 5.41) is 0.